The number of para-hydroxylation sites is 2. The Bertz CT molecular complexity index is 3190. The number of aliphatic imine (C=N–C) groups is 1. The number of hydrogen-bond acceptors (Lipinski definition) is 3. The van der Waals surface area contributed by atoms with Gasteiger partial charge in [-0.25, -0.2) is 0 Å². The minimum absolute atomic E-state index is 0.158. The average Bonchev–Trinajstić information content (AvgIpc) is 3.65. The fourth-order valence-corrected chi connectivity index (χ4v) is 9.96. The summed E-state index contributed by atoms with van der Waals surface area (Å²) < 4.78 is 7.02. The molecule has 3 aliphatic rings. The Kier molecular flexibility index (Phi) is 8.46. The maximum absolute atomic E-state index is 7.02. The average molecular weight is 793 g/mol. The van der Waals surface area contributed by atoms with Crippen LogP contribution in [0.1, 0.15) is 45.0 Å². The summed E-state index contributed by atoms with van der Waals surface area (Å²) in [6.45, 7) is 0. The highest BCUT2D eigenvalue weighted by Crippen LogP contribution is 2.63. The highest BCUT2D eigenvalue weighted by molar-refractivity contribution is 6.05. The Morgan fingerprint density at radius 3 is 1.60 bits per heavy atom. The molecular formula is C59H40N2O. The van der Waals surface area contributed by atoms with Crippen LogP contribution in [0.2, 0.25) is 0 Å². The Balaban J connectivity index is 0.935. The van der Waals surface area contributed by atoms with Crippen molar-refractivity contribution in [3.63, 3.8) is 0 Å². The Morgan fingerprint density at radius 2 is 0.887 bits per heavy atom. The van der Waals surface area contributed by atoms with Crippen molar-refractivity contribution in [3.8, 4) is 56.0 Å². The fourth-order valence-electron chi connectivity index (χ4n) is 9.96. The highest BCUT2D eigenvalue weighted by Gasteiger charge is 2.51. The van der Waals surface area contributed by atoms with Gasteiger partial charge in [-0.3, -0.25) is 4.99 Å². The SMILES string of the molecule is C1=C(c2cccc(-c3cccc(-c4cccc5c4Oc4ccccc4C54c5ccccc5-c5ccccc54)c3)c2)NC(c2ccccc2)=NC1c1ccc(-c2ccccc2)cc1. The molecule has 2 aliphatic heterocycles. The molecule has 9 aromatic rings. The van der Waals surface area contributed by atoms with Crippen LogP contribution in [-0.4, -0.2) is 5.84 Å². The van der Waals surface area contributed by atoms with Gasteiger partial charge in [-0.15, -0.1) is 0 Å². The maximum Gasteiger partial charge on any atom is 0.140 e. The van der Waals surface area contributed by atoms with Gasteiger partial charge < -0.3 is 10.1 Å². The lowest BCUT2D eigenvalue weighted by Gasteiger charge is -2.40. The van der Waals surface area contributed by atoms with Crippen LogP contribution in [-0.2, 0) is 5.41 Å². The number of hydrogen-bond donors (Lipinski definition) is 1. The zero-order valence-corrected chi connectivity index (χ0v) is 33.9. The molecule has 1 N–H and O–H groups in total. The van der Waals surface area contributed by atoms with Crippen molar-refractivity contribution in [2.75, 3.05) is 0 Å². The van der Waals surface area contributed by atoms with E-state index in [0.717, 1.165) is 67.5 Å². The predicted octanol–water partition coefficient (Wildman–Crippen LogP) is 14.3. The van der Waals surface area contributed by atoms with E-state index >= 15 is 0 Å². The van der Waals surface area contributed by atoms with E-state index in [1.165, 1.54) is 38.9 Å². The van der Waals surface area contributed by atoms with Crippen molar-refractivity contribution in [2.24, 2.45) is 4.99 Å². The van der Waals surface area contributed by atoms with E-state index in [9.17, 15) is 0 Å². The Labute approximate surface area is 362 Å². The molecule has 1 spiro atoms. The van der Waals surface area contributed by atoms with E-state index in [1.54, 1.807) is 0 Å². The quantitative estimate of drug-likeness (QED) is 0.182. The van der Waals surface area contributed by atoms with Gasteiger partial charge in [0.15, 0.2) is 0 Å². The van der Waals surface area contributed by atoms with Crippen LogP contribution >= 0.6 is 0 Å². The molecule has 0 aromatic heterocycles. The largest absolute Gasteiger partial charge is 0.456 e. The van der Waals surface area contributed by atoms with Crippen LogP contribution < -0.4 is 10.1 Å². The van der Waals surface area contributed by atoms with Crippen molar-refractivity contribution in [2.45, 2.75) is 11.5 Å². The molecule has 9 aromatic carbocycles. The first-order valence-electron chi connectivity index (χ1n) is 21.3. The third-order valence-corrected chi connectivity index (χ3v) is 12.8. The second-order valence-electron chi connectivity index (χ2n) is 16.3. The maximum atomic E-state index is 7.02. The van der Waals surface area contributed by atoms with Crippen LogP contribution in [0.4, 0.5) is 0 Å². The molecule has 0 saturated heterocycles. The van der Waals surface area contributed by atoms with Crippen molar-refractivity contribution in [1.82, 2.24) is 5.32 Å². The topological polar surface area (TPSA) is 33.6 Å². The summed E-state index contributed by atoms with van der Waals surface area (Å²) in [6, 6.07) is 80.3. The van der Waals surface area contributed by atoms with Crippen molar-refractivity contribution in [1.29, 1.82) is 0 Å². The Hall–Kier alpha value is -8.01. The molecule has 3 nitrogen and oxygen atoms in total. The van der Waals surface area contributed by atoms with E-state index in [-0.39, 0.29) is 6.04 Å². The fraction of sp³-hybridized carbons (Fsp3) is 0.0339. The smallest absolute Gasteiger partial charge is 0.140 e. The number of ether oxygens (including phenoxy) is 1. The molecule has 12 rings (SSSR count). The van der Waals surface area contributed by atoms with Crippen LogP contribution in [0.15, 0.2) is 236 Å². The van der Waals surface area contributed by atoms with Gasteiger partial charge in [-0.1, -0.05) is 206 Å². The summed E-state index contributed by atoms with van der Waals surface area (Å²) >= 11 is 0. The van der Waals surface area contributed by atoms with Crippen LogP contribution in [0.5, 0.6) is 11.5 Å². The lowest BCUT2D eigenvalue weighted by molar-refractivity contribution is 0.438. The van der Waals surface area contributed by atoms with Gasteiger partial charge in [-0.2, -0.15) is 0 Å². The summed E-state index contributed by atoms with van der Waals surface area (Å²) in [5.41, 5.74) is 18.1. The van der Waals surface area contributed by atoms with Gasteiger partial charge in [0.05, 0.1) is 11.5 Å². The molecule has 292 valence electrons. The minimum atomic E-state index is -0.510. The van der Waals surface area contributed by atoms with Crippen molar-refractivity contribution < 1.29 is 4.74 Å². The number of nitrogens with one attached hydrogen (secondary N) is 1. The standard InChI is InChI=1S/C59H40N2O/c1-3-16-39(17-4-1)40-32-34-41(35-33-40)54-38-55(61-58(60-54)42-18-5-2-6-19-42)46-23-14-21-44(37-46)43-20-13-22-45(36-43)47-26-15-30-53-57(47)62-56-31-12-11-29-52(56)59(53)50-27-9-7-24-48(50)49-25-8-10-28-51(49)59/h1-38,54H,(H,60,61). The highest BCUT2D eigenvalue weighted by atomic mass is 16.5. The normalized spacial score (nSPS) is 15.2. The zero-order valence-electron chi connectivity index (χ0n) is 33.9. The monoisotopic (exact) mass is 792 g/mol. The molecule has 0 radical (unpaired) electrons. The van der Waals surface area contributed by atoms with Crippen molar-refractivity contribution in [3.05, 3.63) is 269 Å². The lowest BCUT2D eigenvalue weighted by Crippen LogP contribution is -2.32. The van der Waals surface area contributed by atoms with Crippen LogP contribution in [0.25, 0.3) is 50.2 Å². The summed E-state index contributed by atoms with van der Waals surface area (Å²) in [7, 11) is 0. The predicted molar refractivity (Wildman–Crippen MR) is 253 cm³/mol. The number of benzene rings is 9. The molecule has 3 heteroatoms. The van der Waals surface area contributed by atoms with E-state index in [1.807, 2.05) is 6.07 Å². The van der Waals surface area contributed by atoms with Gasteiger partial charge in [0.25, 0.3) is 0 Å². The first kappa shape index (κ1) is 35.9. The van der Waals surface area contributed by atoms with E-state index in [2.05, 4.69) is 230 Å². The third kappa shape index (κ3) is 5.78. The van der Waals surface area contributed by atoms with E-state index in [4.69, 9.17) is 9.73 Å². The van der Waals surface area contributed by atoms with Crippen molar-refractivity contribution >= 4 is 11.5 Å². The van der Waals surface area contributed by atoms with Gasteiger partial charge in [0.1, 0.15) is 17.3 Å². The molecule has 1 atom stereocenters. The molecule has 0 amide bonds. The third-order valence-electron chi connectivity index (χ3n) is 12.8. The molecule has 1 aliphatic carbocycles. The van der Waals surface area contributed by atoms with Gasteiger partial charge in [-0.05, 0) is 85.5 Å². The lowest BCUT2D eigenvalue weighted by atomic mass is 9.65. The number of amidine groups is 1. The van der Waals surface area contributed by atoms with E-state index in [0.29, 0.717) is 0 Å². The second kappa shape index (κ2) is 14.6. The van der Waals surface area contributed by atoms with E-state index < -0.39 is 5.41 Å². The van der Waals surface area contributed by atoms with Crippen LogP contribution in [0.3, 0.4) is 0 Å². The number of nitrogens with zero attached hydrogens (tertiary/aromatic N) is 1. The van der Waals surface area contributed by atoms with Gasteiger partial charge in [0.2, 0.25) is 0 Å². The molecule has 0 saturated carbocycles. The first-order chi connectivity index (χ1) is 30.7. The summed E-state index contributed by atoms with van der Waals surface area (Å²) in [4.78, 5) is 5.24. The molecule has 0 bridgehead atoms. The van der Waals surface area contributed by atoms with Gasteiger partial charge >= 0.3 is 0 Å². The molecule has 1 unspecified atom stereocenters. The first-order valence-corrected chi connectivity index (χ1v) is 21.3. The molecule has 62 heavy (non-hydrogen) atoms. The molecular weight excluding hydrogens is 753 g/mol. The minimum Gasteiger partial charge on any atom is -0.456 e. The molecule has 0 fully saturated rings. The number of rotatable bonds is 6. The summed E-state index contributed by atoms with van der Waals surface area (Å²) in [6.07, 6.45) is 2.25. The summed E-state index contributed by atoms with van der Waals surface area (Å²) in [5.74, 6) is 2.64. The Morgan fingerprint density at radius 1 is 0.387 bits per heavy atom. The van der Waals surface area contributed by atoms with Gasteiger partial charge in [0, 0.05) is 28.0 Å². The molecule has 2 heterocycles. The second-order valence-corrected chi connectivity index (χ2v) is 16.3. The summed E-state index contributed by atoms with van der Waals surface area (Å²) in [5, 5.41) is 3.71. The zero-order chi connectivity index (χ0) is 41.0. The van der Waals surface area contributed by atoms with Crippen LogP contribution in [0, 0.1) is 0 Å². The number of fused-ring (bicyclic) bond motifs is 9.